The van der Waals surface area contributed by atoms with Crippen LogP contribution in [-0.2, 0) is 20.9 Å². The van der Waals surface area contributed by atoms with E-state index in [0.29, 0.717) is 12.3 Å². The first-order chi connectivity index (χ1) is 15.1. The van der Waals surface area contributed by atoms with Crippen LogP contribution in [0.1, 0.15) is 12.5 Å². The lowest BCUT2D eigenvalue weighted by Crippen LogP contribution is -2.51. The first-order valence-corrected chi connectivity index (χ1v) is 11.8. The van der Waals surface area contributed by atoms with Crippen molar-refractivity contribution < 1.29 is 14.3 Å². The molecule has 2 amide bonds. The number of hydrogen-bond acceptors (Lipinski definition) is 5. The Hall–Kier alpha value is -2.35. The monoisotopic (exact) mass is 439 g/mol. The van der Waals surface area contributed by atoms with Crippen molar-refractivity contribution >= 4 is 29.3 Å². The number of anilines is 1. The van der Waals surface area contributed by atoms with Crippen LogP contribution in [0, 0.1) is 0 Å². The highest BCUT2D eigenvalue weighted by Crippen LogP contribution is 2.34. The van der Waals surface area contributed by atoms with Crippen LogP contribution in [0.15, 0.2) is 59.5 Å². The Bertz CT molecular complexity index is 902. The maximum Gasteiger partial charge on any atom is 0.243 e. The highest BCUT2D eigenvalue weighted by molar-refractivity contribution is 8.00. The van der Waals surface area contributed by atoms with Gasteiger partial charge in [-0.25, -0.2) is 0 Å². The summed E-state index contributed by atoms with van der Waals surface area (Å²) in [7, 11) is 0. The van der Waals surface area contributed by atoms with Crippen LogP contribution in [0.5, 0.6) is 0 Å². The Morgan fingerprint density at radius 3 is 2.58 bits per heavy atom. The number of carbonyl (C=O) groups excluding carboxylic acids is 2. The molecule has 0 N–H and O–H groups in total. The Morgan fingerprint density at radius 1 is 1.10 bits per heavy atom. The smallest absolute Gasteiger partial charge is 0.243 e. The van der Waals surface area contributed by atoms with Gasteiger partial charge in [-0.2, -0.15) is 0 Å². The number of hydrogen-bond donors (Lipinski definition) is 0. The Morgan fingerprint density at radius 2 is 1.81 bits per heavy atom. The Labute approximate surface area is 188 Å². The number of thioether (sulfide) groups is 1. The van der Waals surface area contributed by atoms with E-state index in [1.54, 1.807) is 4.90 Å². The molecular weight excluding hydrogens is 410 g/mol. The number of benzene rings is 2. The molecule has 2 aromatic rings. The largest absolute Gasteiger partial charge is 0.379 e. The van der Waals surface area contributed by atoms with Crippen LogP contribution in [-0.4, -0.2) is 72.8 Å². The maximum atomic E-state index is 13.5. The molecule has 0 spiro atoms. The number of nitrogens with zero attached hydrogens (tertiary/aromatic N) is 3. The summed E-state index contributed by atoms with van der Waals surface area (Å²) in [6, 6.07) is 17.9. The van der Waals surface area contributed by atoms with Crippen molar-refractivity contribution in [3.8, 4) is 0 Å². The average molecular weight is 440 g/mol. The summed E-state index contributed by atoms with van der Waals surface area (Å²) in [4.78, 5) is 33.2. The van der Waals surface area contributed by atoms with E-state index in [0.717, 1.165) is 49.0 Å². The first-order valence-electron chi connectivity index (χ1n) is 10.8. The molecule has 0 bridgehead atoms. The molecule has 2 aliphatic heterocycles. The second-order valence-corrected chi connectivity index (χ2v) is 9.02. The van der Waals surface area contributed by atoms with Gasteiger partial charge in [-0.15, -0.1) is 11.8 Å². The predicted molar refractivity (Wildman–Crippen MR) is 123 cm³/mol. The van der Waals surface area contributed by atoms with E-state index in [-0.39, 0.29) is 24.4 Å². The average Bonchev–Trinajstić information content (AvgIpc) is 2.80. The van der Waals surface area contributed by atoms with E-state index >= 15 is 0 Å². The number of para-hydroxylation sites is 1. The van der Waals surface area contributed by atoms with E-state index in [9.17, 15) is 9.59 Å². The summed E-state index contributed by atoms with van der Waals surface area (Å²) < 4.78 is 5.46. The zero-order valence-corrected chi connectivity index (χ0v) is 18.7. The van der Waals surface area contributed by atoms with Crippen LogP contribution in [0.4, 0.5) is 5.69 Å². The van der Waals surface area contributed by atoms with E-state index in [1.165, 1.54) is 11.8 Å². The van der Waals surface area contributed by atoms with Crippen LogP contribution in [0.2, 0.25) is 0 Å². The molecule has 7 heteroatoms. The summed E-state index contributed by atoms with van der Waals surface area (Å²) in [5.41, 5.74) is 1.92. The lowest BCUT2D eigenvalue weighted by Gasteiger charge is -2.37. The number of morpholine rings is 1. The molecule has 1 atom stereocenters. The molecule has 2 aromatic carbocycles. The molecule has 164 valence electrons. The normalized spacial score (nSPS) is 17.8. The highest BCUT2D eigenvalue weighted by Gasteiger charge is 2.30. The van der Waals surface area contributed by atoms with Gasteiger partial charge in [0.25, 0.3) is 0 Å². The lowest BCUT2D eigenvalue weighted by atomic mass is 10.1. The van der Waals surface area contributed by atoms with Crippen LogP contribution in [0.25, 0.3) is 0 Å². The number of carbonyl (C=O) groups is 2. The van der Waals surface area contributed by atoms with Crippen molar-refractivity contribution in [2.75, 3.05) is 50.0 Å². The van der Waals surface area contributed by atoms with Crippen molar-refractivity contribution in [3.05, 3.63) is 60.2 Å². The van der Waals surface area contributed by atoms with Gasteiger partial charge in [0.05, 0.1) is 24.7 Å². The Balaban J connectivity index is 1.52. The van der Waals surface area contributed by atoms with Crippen molar-refractivity contribution in [2.24, 2.45) is 0 Å². The molecule has 0 saturated carbocycles. The lowest BCUT2D eigenvalue weighted by molar-refractivity contribution is -0.134. The molecule has 2 heterocycles. The third-order valence-electron chi connectivity index (χ3n) is 5.78. The van der Waals surface area contributed by atoms with Gasteiger partial charge in [0.1, 0.15) is 6.54 Å². The minimum absolute atomic E-state index is 0.0162. The van der Waals surface area contributed by atoms with Crippen LogP contribution < -0.4 is 4.90 Å². The minimum Gasteiger partial charge on any atom is -0.379 e. The fourth-order valence-electron chi connectivity index (χ4n) is 4.08. The quantitative estimate of drug-likeness (QED) is 0.664. The summed E-state index contributed by atoms with van der Waals surface area (Å²) in [5, 5.41) is 0. The highest BCUT2D eigenvalue weighted by atomic mass is 32.2. The summed E-state index contributed by atoms with van der Waals surface area (Å²) in [6.07, 6.45) is 0. The molecule has 31 heavy (non-hydrogen) atoms. The zero-order valence-electron chi connectivity index (χ0n) is 17.9. The van der Waals surface area contributed by atoms with Crippen molar-refractivity contribution in [1.29, 1.82) is 0 Å². The van der Waals surface area contributed by atoms with Gasteiger partial charge in [-0.3, -0.25) is 14.5 Å². The summed E-state index contributed by atoms with van der Waals surface area (Å²) in [5.74, 6) is 0.323. The second kappa shape index (κ2) is 10.3. The third-order valence-corrected chi connectivity index (χ3v) is 6.82. The Kier molecular flexibility index (Phi) is 7.27. The van der Waals surface area contributed by atoms with Gasteiger partial charge >= 0.3 is 0 Å². The van der Waals surface area contributed by atoms with Crippen LogP contribution in [0.3, 0.4) is 0 Å². The molecular formula is C24H29N3O3S. The number of fused-ring (bicyclic) bond motifs is 1. The van der Waals surface area contributed by atoms with E-state index in [2.05, 4.69) is 11.8 Å². The SMILES string of the molecule is CC(CN1CCOCC1)N(Cc1ccccc1)C(=O)CN1C(=O)CSc2ccccc21. The maximum absolute atomic E-state index is 13.5. The molecule has 6 nitrogen and oxygen atoms in total. The molecule has 1 unspecified atom stereocenters. The molecule has 1 saturated heterocycles. The molecule has 4 rings (SSSR count). The fourth-order valence-corrected chi connectivity index (χ4v) is 5.02. The molecule has 2 aliphatic rings. The van der Waals surface area contributed by atoms with Gasteiger partial charge in [-0.05, 0) is 24.6 Å². The van der Waals surface area contributed by atoms with E-state index in [4.69, 9.17) is 4.74 Å². The zero-order chi connectivity index (χ0) is 21.6. The van der Waals surface area contributed by atoms with Crippen molar-refractivity contribution in [2.45, 2.75) is 24.4 Å². The number of rotatable bonds is 7. The van der Waals surface area contributed by atoms with Gasteiger partial charge in [-0.1, -0.05) is 42.5 Å². The van der Waals surface area contributed by atoms with Gasteiger partial charge < -0.3 is 14.5 Å². The summed E-state index contributed by atoms with van der Waals surface area (Å²) >= 11 is 1.53. The van der Waals surface area contributed by atoms with Gasteiger partial charge in [0.2, 0.25) is 11.8 Å². The number of ether oxygens (including phenoxy) is 1. The van der Waals surface area contributed by atoms with Crippen molar-refractivity contribution in [1.82, 2.24) is 9.80 Å². The predicted octanol–water partition coefficient (Wildman–Crippen LogP) is 2.87. The van der Waals surface area contributed by atoms with Crippen LogP contribution >= 0.6 is 11.8 Å². The van der Waals surface area contributed by atoms with E-state index in [1.807, 2.05) is 59.5 Å². The molecule has 0 aromatic heterocycles. The molecule has 0 aliphatic carbocycles. The molecule has 1 fully saturated rings. The topological polar surface area (TPSA) is 53.1 Å². The molecule has 0 radical (unpaired) electrons. The van der Waals surface area contributed by atoms with Gasteiger partial charge in [0.15, 0.2) is 0 Å². The van der Waals surface area contributed by atoms with E-state index < -0.39 is 0 Å². The van der Waals surface area contributed by atoms with Crippen molar-refractivity contribution in [3.63, 3.8) is 0 Å². The minimum atomic E-state index is -0.0281. The summed E-state index contributed by atoms with van der Waals surface area (Å²) in [6.45, 7) is 6.72. The standard InChI is InChI=1S/C24H29N3O3S/c1-19(15-25-11-13-30-14-12-25)26(16-20-7-3-2-4-8-20)23(28)17-27-21-9-5-6-10-22(21)31-18-24(27)29/h2-10,19H,11-18H2,1H3. The first kappa shape index (κ1) is 21.9. The second-order valence-electron chi connectivity index (χ2n) is 8.01. The third kappa shape index (κ3) is 5.47. The number of amides is 2. The fraction of sp³-hybridized carbons (Fsp3) is 0.417. The van der Waals surface area contributed by atoms with Gasteiger partial charge in [0, 0.05) is 37.1 Å².